The number of urea groups is 1. The maximum atomic E-state index is 12.0. The summed E-state index contributed by atoms with van der Waals surface area (Å²) in [4.78, 5) is 12.0. The maximum absolute atomic E-state index is 12.0. The van der Waals surface area contributed by atoms with E-state index in [0.717, 1.165) is 12.0 Å². The molecule has 0 aromatic heterocycles. The summed E-state index contributed by atoms with van der Waals surface area (Å²) in [7, 11) is 0. The molecule has 0 saturated carbocycles. The van der Waals surface area contributed by atoms with Gasteiger partial charge in [-0.2, -0.15) is 0 Å². The van der Waals surface area contributed by atoms with E-state index in [9.17, 15) is 4.79 Å². The molecule has 0 heterocycles. The first-order chi connectivity index (χ1) is 11.0. The number of carbonyl (C=O) groups is 1. The number of ether oxygens (including phenoxy) is 1. The van der Waals surface area contributed by atoms with Crippen LogP contribution in [0.1, 0.15) is 19.4 Å². The molecule has 0 aliphatic carbocycles. The van der Waals surface area contributed by atoms with Crippen molar-refractivity contribution in [1.29, 1.82) is 0 Å². The molecular weight excluding hydrogens is 312 g/mol. The fourth-order valence-electron chi connectivity index (χ4n) is 2.11. The van der Waals surface area contributed by atoms with Crippen LogP contribution in [0, 0.1) is 0 Å². The van der Waals surface area contributed by atoms with E-state index in [4.69, 9.17) is 16.3 Å². The average molecular weight is 333 g/mol. The number of amides is 2. The van der Waals surface area contributed by atoms with Crippen molar-refractivity contribution in [2.45, 2.75) is 26.4 Å². The predicted molar refractivity (Wildman–Crippen MR) is 94.4 cm³/mol. The van der Waals surface area contributed by atoms with Crippen LogP contribution in [0.15, 0.2) is 48.5 Å². The van der Waals surface area contributed by atoms with Gasteiger partial charge in [-0.1, -0.05) is 35.9 Å². The van der Waals surface area contributed by atoms with Crippen molar-refractivity contribution in [1.82, 2.24) is 5.32 Å². The van der Waals surface area contributed by atoms with E-state index < -0.39 is 0 Å². The summed E-state index contributed by atoms with van der Waals surface area (Å²) in [6, 6.07) is 14.7. The van der Waals surface area contributed by atoms with Gasteiger partial charge < -0.3 is 15.4 Å². The van der Waals surface area contributed by atoms with Crippen LogP contribution in [0.2, 0.25) is 5.02 Å². The second-order valence-corrected chi connectivity index (χ2v) is 5.86. The van der Waals surface area contributed by atoms with Crippen molar-refractivity contribution < 1.29 is 9.53 Å². The SMILES string of the molecule is CC(C)Oc1ccccc1NC(=O)NCCc1cccc(Cl)c1. The molecule has 0 spiro atoms. The largest absolute Gasteiger partial charge is 0.489 e. The number of anilines is 1. The summed E-state index contributed by atoms with van der Waals surface area (Å²) in [6.45, 7) is 4.42. The van der Waals surface area contributed by atoms with E-state index >= 15 is 0 Å². The lowest BCUT2D eigenvalue weighted by molar-refractivity contribution is 0.241. The third kappa shape index (κ3) is 5.83. The zero-order chi connectivity index (χ0) is 16.7. The molecular formula is C18H21ClN2O2. The Bertz CT molecular complexity index is 659. The van der Waals surface area contributed by atoms with Gasteiger partial charge in [-0.15, -0.1) is 0 Å². The zero-order valence-corrected chi connectivity index (χ0v) is 14.1. The first-order valence-corrected chi connectivity index (χ1v) is 7.97. The normalized spacial score (nSPS) is 10.4. The van der Waals surface area contributed by atoms with Gasteiger partial charge in [0, 0.05) is 11.6 Å². The summed E-state index contributed by atoms with van der Waals surface area (Å²) in [5.41, 5.74) is 1.74. The maximum Gasteiger partial charge on any atom is 0.319 e. The fraction of sp³-hybridized carbons (Fsp3) is 0.278. The fourth-order valence-corrected chi connectivity index (χ4v) is 2.32. The highest BCUT2D eigenvalue weighted by Gasteiger charge is 2.08. The molecule has 23 heavy (non-hydrogen) atoms. The van der Waals surface area contributed by atoms with Crippen molar-refractivity contribution in [3.8, 4) is 5.75 Å². The number of rotatable bonds is 6. The zero-order valence-electron chi connectivity index (χ0n) is 13.3. The van der Waals surface area contributed by atoms with Gasteiger partial charge in [0.25, 0.3) is 0 Å². The molecule has 5 heteroatoms. The minimum Gasteiger partial charge on any atom is -0.489 e. The molecule has 2 aromatic rings. The Balaban J connectivity index is 1.85. The van der Waals surface area contributed by atoms with Gasteiger partial charge in [-0.25, -0.2) is 4.79 Å². The Morgan fingerprint density at radius 3 is 2.70 bits per heavy atom. The van der Waals surface area contributed by atoms with E-state index in [1.807, 2.05) is 62.4 Å². The summed E-state index contributed by atoms with van der Waals surface area (Å²) >= 11 is 5.94. The molecule has 4 nitrogen and oxygen atoms in total. The molecule has 0 unspecified atom stereocenters. The number of benzene rings is 2. The van der Waals surface area contributed by atoms with Crippen LogP contribution in [0.5, 0.6) is 5.75 Å². The van der Waals surface area contributed by atoms with E-state index in [0.29, 0.717) is 23.0 Å². The van der Waals surface area contributed by atoms with Crippen LogP contribution >= 0.6 is 11.6 Å². The van der Waals surface area contributed by atoms with E-state index in [-0.39, 0.29) is 12.1 Å². The summed E-state index contributed by atoms with van der Waals surface area (Å²) in [5.74, 6) is 0.660. The average Bonchev–Trinajstić information content (AvgIpc) is 2.49. The Kier molecular flexibility index (Phi) is 6.29. The Labute approximate surface area is 141 Å². The molecule has 0 aliphatic rings. The summed E-state index contributed by atoms with van der Waals surface area (Å²) < 4.78 is 5.68. The molecule has 122 valence electrons. The first kappa shape index (κ1) is 17.2. The van der Waals surface area contributed by atoms with Crippen molar-refractivity contribution >= 4 is 23.3 Å². The molecule has 0 radical (unpaired) electrons. The lowest BCUT2D eigenvalue weighted by Crippen LogP contribution is -2.30. The van der Waals surface area contributed by atoms with Crippen molar-refractivity contribution in [3.63, 3.8) is 0 Å². The van der Waals surface area contributed by atoms with Gasteiger partial charge in [0.2, 0.25) is 0 Å². The molecule has 2 rings (SSSR count). The first-order valence-electron chi connectivity index (χ1n) is 7.59. The van der Waals surface area contributed by atoms with Crippen LogP contribution in [-0.4, -0.2) is 18.7 Å². The Morgan fingerprint density at radius 1 is 1.17 bits per heavy atom. The molecule has 2 amide bonds. The molecule has 0 fully saturated rings. The van der Waals surface area contributed by atoms with Gasteiger partial charge in [0.15, 0.2) is 0 Å². The standard InChI is InChI=1S/C18H21ClN2O2/c1-13(2)23-17-9-4-3-8-16(17)21-18(22)20-11-10-14-6-5-7-15(19)12-14/h3-9,12-13H,10-11H2,1-2H3,(H2,20,21,22). The number of hydrogen-bond donors (Lipinski definition) is 2. The molecule has 0 atom stereocenters. The highest BCUT2D eigenvalue weighted by Crippen LogP contribution is 2.24. The molecule has 2 aromatic carbocycles. The van der Waals surface area contributed by atoms with Crippen LogP contribution < -0.4 is 15.4 Å². The van der Waals surface area contributed by atoms with Crippen LogP contribution in [0.3, 0.4) is 0 Å². The smallest absolute Gasteiger partial charge is 0.319 e. The lowest BCUT2D eigenvalue weighted by Gasteiger charge is -2.15. The minimum absolute atomic E-state index is 0.0452. The molecule has 0 bridgehead atoms. The van der Waals surface area contributed by atoms with E-state index in [1.165, 1.54) is 0 Å². The highest BCUT2D eigenvalue weighted by atomic mass is 35.5. The van der Waals surface area contributed by atoms with E-state index in [2.05, 4.69) is 10.6 Å². The third-order valence-corrected chi connectivity index (χ3v) is 3.32. The topological polar surface area (TPSA) is 50.4 Å². The van der Waals surface area contributed by atoms with Crippen molar-refractivity contribution in [3.05, 3.63) is 59.1 Å². The van der Waals surface area contributed by atoms with E-state index in [1.54, 1.807) is 0 Å². The molecule has 0 aliphatic heterocycles. The van der Waals surface area contributed by atoms with Gasteiger partial charge in [0.05, 0.1) is 11.8 Å². The number of para-hydroxylation sites is 2. The summed E-state index contributed by atoms with van der Waals surface area (Å²) in [6.07, 6.45) is 0.766. The second kappa shape index (κ2) is 8.44. The second-order valence-electron chi connectivity index (χ2n) is 5.42. The minimum atomic E-state index is -0.258. The molecule has 2 N–H and O–H groups in total. The Morgan fingerprint density at radius 2 is 1.96 bits per heavy atom. The van der Waals surface area contributed by atoms with Gasteiger partial charge in [-0.3, -0.25) is 0 Å². The van der Waals surface area contributed by atoms with Crippen LogP contribution in [0.4, 0.5) is 10.5 Å². The van der Waals surface area contributed by atoms with Crippen LogP contribution in [0.25, 0.3) is 0 Å². The van der Waals surface area contributed by atoms with Crippen molar-refractivity contribution in [2.24, 2.45) is 0 Å². The quantitative estimate of drug-likeness (QED) is 0.818. The third-order valence-electron chi connectivity index (χ3n) is 3.09. The lowest BCUT2D eigenvalue weighted by atomic mass is 10.1. The molecule has 0 saturated heterocycles. The van der Waals surface area contributed by atoms with Gasteiger partial charge >= 0.3 is 6.03 Å². The van der Waals surface area contributed by atoms with Gasteiger partial charge in [-0.05, 0) is 50.1 Å². The predicted octanol–water partition coefficient (Wildman–Crippen LogP) is 4.49. The van der Waals surface area contributed by atoms with Crippen molar-refractivity contribution in [2.75, 3.05) is 11.9 Å². The number of hydrogen-bond acceptors (Lipinski definition) is 2. The number of halogens is 1. The monoisotopic (exact) mass is 332 g/mol. The van der Waals surface area contributed by atoms with Crippen LogP contribution in [-0.2, 0) is 6.42 Å². The summed E-state index contributed by atoms with van der Waals surface area (Å²) in [5, 5.41) is 6.34. The highest BCUT2D eigenvalue weighted by molar-refractivity contribution is 6.30. The Hall–Kier alpha value is -2.20. The number of carbonyl (C=O) groups excluding carboxylic acids is 1. The number of nitrogens with one attached hydrogen (secondary N) is 2. The van der Waals surface area contributed by atoms with Gasteiger partial charge in [0.1, 0.15) is 5.75 Å².